The molecule has 0 aliphatic carbocycles. The van der Waals surface area contributed by atoms with E-state index in [0.717, 1.165) is 33.1 Å². The zero-order valence-corrected chi connectivity index (χ0v) is 19.5. The molecule has 0 bridgehead atoms. The molecular formula is C18H24N2O4S4. The molecule has 10 heteroatoms. The summed E-state index contributed by atoms with van der Waals surface area (Å²) in [6, 6.07) is 13.2. The first-order valence-corrected chi connectivity index (χ1v) is 13.6. The zero-order chi connectivity index (χ0) is 20.9. The Labute approximate surface area is 176 Å². The summed E-state index contributed by atoms with van der Waals surface area (Å²) in [6.07, 6.45) is 0. The van der Waals surface area contributed by atoms with Gasteiger partial charge in [0.15, 0.2) is 0 Å². The van der Waals surface area contributed by atoms with Crippen molar-refractivity contribution < 1.29 is 16.8 Å². The Morgan fingerprint density at radius 2 is 0.929 bits per heavy atom. The van der Waals surface area contributed by atoms with E-state index in [1.165, 1.54) is 7.42 Å². The van der Waals surface area contributed by atoms with Crippen molar-refractivity contribution in [3.8, 4) is 0 Å². The summed E-state index contributed by atoms with van der Waals surface area (Å²) in [4.78, 5) is 0.356. The molecule has 0 amide bonds. The maximum absolute atomic E-state index is 12.9. The molecule has 0 spiro atoms. The molecule has 154 valence electrons. The summed E-state index contributed by atoms with van der Waals surface area (Å²) in [7, 11) is -5.68. The third kappa shape index (κ3) is 5.31. The molecule has 2 rings (SSSR count). The molecular weight excluding hydrogens is 436 g/mol. The Morgan fingerprint density at radius 1 is 0.643 bits per heavy atom. The third-order valence-corrected chi connectivity index (χ3v) is 11.6. The first-order chi connectivity index (χ1) is 13.1. The second kappa shape index (κ2) is 9.64. The van der Waals surface area contributed by atoms with Gasteiger partial charge in [0.1, 0.15) is 0 Å². The summed E-state index contributed by atoms with van der Waals surface area (Å²) in [6.45, 7) is 7.60. The van der Waals surface area contributed by atoms with Crippen LogP contribution in [0, 0.1) is 13.8 Å². The van der Waals surface area contributed by atoms with Gasteiger partial charge in [0.2, 0.25) is 0 Å². The number of sulfonamides is 2. The highest BCUT2D eigenvalue weighted by atomic mass is 33.1. The number of hydrogen-bond donors (Lipinski definition) is 0. The number of aryl methyl sites for hydroxylation is 2. The Hall–Kier alpha value is -1.04. The van der Waals surface area contributed by atoms with Gasteiger partial charge in [-0.25, -0.2) is 16.8 Å². The van der Waals surface area contributed by atoms with Gasteiger partial charge in [0.25, 0.3) is 20.0 Å². The van der Waals surface area contributed by atoms with Crippen LogP contribution in [0.4, 0.5) is 0 Å². The molecule has 2 aromatic rings. The van der Waals surface area contributed by atoms with Crippen LogP contribution >= 0.6 is 22.0 Å². The van der Waals surface area contributed by atoms with Crippen molar-refractivity contribution in [1.29, 1.82) is 0 Å². The lowest BCUT2D eigenvalue weighted by Crippen LogP contribution is -2.27. The SMILES string of the molecule is CCN(SSN(CC)S(=O)(=O)c1ccc(C)cc1)S(=O)(=O)c1ccc(C)cc1. The first kappa shape index (κ1) is 23.2. The number of rotatable bonds is 9. The fourth-order valence-corrected chi connectivity index (χ4v) is 8.89. The molecule has 6 nitrogen and oxygen atoms in total. The van der Waals surface area contributed by atoms with Crippen LogP contribution in [0.2, 0.25) is 0 Å². The Morgan fingerprint density at radius 3 is 1.18 bits per heavy atom. The molecule has 0 unspecified atom stereocenters. The highest BCUT2D eigenvalue weighted by molar-refractivity contribution is 8.76. The monoisotopic (exact) mass is 460 g/mol. The zero-order valence-electron chi connectivity index (χ0n) is 16.2. The molecule has 0 N–H and O–H groups in total. The van der Waals surface area contributed by atoms with Crippen molar-refractivity contribution in [2.24, 2.45) is 0 Å². The van der Waals surface area contributed by atoms with Gasteiger partial charge in [-0.3, -0.25) is 0 Å². The second-order valence-electron chi connectivity index (χ2n) is 6.02. The van der Waals surface area contributed by atoms with Gasteiger partial charge in [-0.15, -0.1) is 7.42 Å². The molecule has 2 aromatic carbocycles. The van der Waals surface area contributed by atoms with Crippen LogP contribution in [0.3, 0.4) is 0 Å². The number of nitrogens with zero attached hydrogens (tertiary/aromatic N) is 2. The Balaban J connectivity index is 2.20. The minimum atomic E-state index is -3.73. The van der Waals surface area contributed by atoms with E-state index in [9.17, 15) is 16.8 Å². The molecule has 0 fully saturated rings. The maximum atomic E-state index is 12.9. The van der Waals surface area contributed by atoms with E-state index in [1.54, 1.807) is 62.4 Å². The van der Waals surface area contributed by atoms with E-state index in [0.29, 0.717) is 0 Å². The van der Waals surface area contributed by atoms with E-state index in [4.69, 9.17) is 0 Å². The first-order valence-electron chi connectivity index (χ1n) is 8.66. The summed E-state index contributed by atoms with van der Waals surface area (Å²) < 4.78 is 53.8. The number of hydrogen-bond acceptors (Lipinski definition) is 6. The Kier molecular flexibility index (Phi) is 8.00. The lowest BCUT2D eigenvalue weighted by Gasteiger charge is -2.23. The summed E-state index contributed by atoms with van der Waals surface area (Å²) in [5.41, 5.74) is 1.93. The van der Waals surface area contributed by atoms with Gasteiger partial charge in [0, 0.05) is 35.0 Å². The summed E-state index contributed by atoms with van der Waals surface area (Å²) in [5.74, 6) is 0. The van der Waals surface area contributed by atoms with E-state index >= 15 is 0 Å². The average Bonchev–Trinajstić information content (AvgIpc) is 2.65. The molecule has 0 radical (unpaired) electrons. The maximum Gasteiger partial charge on any atom is 0.252 e. The van der Waals surface area contributed by atoms with Gasteiger partial charge < -0.3 is 0 Å². The van der Waals surface area contributed by atoms with Gasteiger partial charge in [-0.1, -0.05) is 49.2 Å². The van der Waals surface area contributed by atoms with Crippen LogP contribution in [0.25, 0.3) is 0 Å². The lowest BCUT2D eigenvalue weighted by atomic mass is 10.2. The van der Waals surface area contributed by atoms with Crippen LogP contribution in [-0.2, 0) is 20.0 Å². The van der Waals surface area contributed by atoms with Crippen LogP contribution in [0.5, 0.6) is 0 Å². The van der Waals surface area contributed by atoms with E-state index < -0.39 is 20.0 Å². The smallest absolute Gasteiger partial charge is 0.206 e. The minimum absolute atomic E-state index is 0.178. The fourth-order valence-electron chi connectivity index (χ4n) is 2.26. The molecule has 0 aliphatic rings. The lowest BCUT2D eigenvalue weighted by molar-refractivity contribution is 0.546. The van der Waals surface area contributed by atoms with Crippen molar-refractivity contribution in [1.82, 2.24) is 7.42 Å². The summed E-state index contributed by atoms with van der Waals surface area (Å²) in [5, 5.41) is 0. The van der Waals surface area contributed by atoms with Crippen molar-refractivity contribution in [2.75, 3.05) is 13.1 Å². The highest BCUT2D eigenvalue weighted by Crippen LogP contribution is 2.37. The molecule has 0 aliphatic heterocycles. The minimum Gasteiger partial charge on any atom is -0.206 e. The van der Waals surface area contributed by atoms with Crippen LogP contribution in [0.15, 0.2) is 58.3 Å². The molecule has 0 aromatic heterocycles. The van der Waals surface area contributed by atoms with Crippen molar-refractivity contribution in [3.05, 3.63) is 59.7 Å². The molecule has 28 heavy (non-hydrogen) atoms. The molecule has 0 heterocycles. The highest BCUT2D eigenvalue weighted by Gasteiger charge is 2.29. The molecule has 0 saturated heterocycles. The van der Waals surface area contributed by atoms with Crippen LogP contribution < -0.4 is 0 Å². The van der Waals surface area contributed by atoms with E-state index in [1.807, 2.05) is 13.8 Å². The fraction of sp³-hybridized carbons (Fsp3) is 0.333. The van der Waals surface area contributed by atoms with Crippen molar-refractivity contribution in [3.63, 3.8) is 0 Å². The quantitative estimate of drug-likeness (QED) is 0.412. The van der Waals surface area contributed by atoms with Crippen LogP contribution in [-0.4, -0.2) is 37.3 Å². The third-order valence-electron chi connectivity index (χ3n) is 3.89. The standard InChI is InChI=1S/C18H24N2O4S4/c1-5-19(27(21,22)17-11-7-15(3)8-12-17)25-26-20(6-2)28(23,24)18-13-9-16(4)10-14-18/h7-14H,5-6H2,1-4H3. The van der Waals surface area contributed by atoms with Gasteiger partial charge >= 0.3 is 0 Å². The van der Waals surface area contributed by atoms with Crippen molar-refractivity contribution in [2.45, 2.75) is 37.5 Å². The van der Waals surface area contributed by atoms with Crippen molar-refractivity contribution >= 4 is 42.0 Å². The van der Waals surface area contributed by atoms with Crippen LogP contribution in [0.1, 0.15) is 25.0 Å². The average molecular weight is 461 g/mol. The van der Waals surface area contributed by atoms with Gasteiger partial charge in [-0.2, -0.15) is 0 Å². The van der Waals surface area contributed by atoms with Gasteiger partial charge in [0.05, 0.1) is 9.79 Å². The largest absolute Gasteiger partial charge is 0.252 e. The number of benzene rings is 2. The van der Waals surface area contributed by atoms with Gasteiger partial charge in [-0.05, 0) is 38.1 Å². The second-order valence-corrected chi connectivity index (χ2v) is 12.3. The van der Waals surface area contributed by atoms with E-state index in [-0.39, 0.29) is 22.9 Å². The predicted molar refractivity (Wildman–Crippen MR) is 117 cm³/mol. The Bertz CT molecular complexity index is 905. The molecule has 0 atom stereocenters. The predicted octanol–water partition coefficient (Wildman–Crippen LogP) is 4.24. The topological polar surface area (TPSA) is 74.8 Å². The normalized spacial score (nSPS) is 12.6. The van der Waals surface area contributed by atoms with E-state index in [2.05, 4.69) is 0 Å². The molecule has 0 saturated carbocycles. The summed E-state index contributed by atoms with van der Waals surface area (Å²) >= 11 is 0.